The zero-order valence-electron chi connectivity index (χ0n) is 11.2. The Hall–Kier alpha value is -0.820. The molecular weight excluding hydrogens is 220 g/mol. The molecule has 0 atom stereocenters. The molecule has 1 aromatic rings. The molecule has 1 aromatic carbocycles. The van der Waals surface area contributed by atoms with Crippen LogP contribution in [-0.4, -0.2) is 11.7 Å². The van der Waals surface area contributed by atoms with Crippen LogP contribution in [0.2, 0.25) is 0 Å². The highest BCUT2D eigenvalue weighted by Crippen LogP contribution is 2.43. The number of hydrogen-bond acceptors (Lipinski definition) is 1. The van der Waals surface area contributed by atoms with Gasteiger partial charge >= 0.3 is 0 Å². The van der Waals surface area contributed by atoms with Crippen LogP contribution in [0, 0.1) is 0 Å². The van der Waals surface area contributed by atoms with Gasteiger partial charge in [-0.15, -0.1) is 0 Å². The molecule has 2 saturated carbocycles. The number of benzene rings is 1. The van der Waals surface area contributed by atoms with Gasteiger partial charge in [0.25, 0.3) is 0 Å². The van der Waals surface area contributed by atoms with Gasteiger partial charge in [-0.1, -0.05) is 49.9 Å². The summed E-state index contributed by atoms with van der Waals surface area (Å²) < 4.78 is 0. The maximum atomic E-state index is 9.61. The Bertz CT molecular complexity index is 377. The Kier molecular flexibility index (Phi) is 3.43. The van der Waals surface area contributed by atoms with E-state index in [0.29, 0.717) is 6.61 Å². The number of rotatable bonds is 3. The van der Waals surface area contributed by atoms with Gasteiger partial charge < -0.3 is 5.11 Å². The second-order valence-electron chi connectivity index (χ2n) is 6.25. The monoisotopic (exact) mass is 244 g/mol. The largest absolute Gasteiger partial charge is 0.395 e. The SMILES string of the molecule is OCC1(c2ccc(C3CCCCC3)cc2)CCC1. The molecule has 0 aliphatic heterocycles. The highest BCUT2D eigenvalue weighted by Gasteiger charge is 2.37. The average molecular weight is 244 g/mol. The molecule has 98 valence electrons. The van der Waals surface area contributed by atoms with Crippen molar-refractivity contribution in [3.05, 3.63) is 35.4 Å². The first-order valence-corrected chi connectivity index (χ1v) is 7.55. The first-order valence-electron chi connectivity index (χ1n) is 7.55. The fraction of sp³-hybridized carbons (Fsp3) is 0.647. The molecule has 0 unspecified atom stereocenters. The molecule has 1 nitrogen and oxygen atoms in total. The Morgan fingerprint density at radius 3 is 2.11 bits per heavy atom. The summed E-state index contributed by atoms with van der Waals surface area (Å²) >= 11 is 0. The van der Waals surface area contributed by atoms with Gasteiger partial charge in [0.1, 0.15) is 0 Å². The molecule has 2 aliphatic carbocycles. The van der Waals surface area contributed by atoms with Crippen molar-refractivity contribution in [2.24, 2.45) is 0 Å². The molecular formula is C17H24O. The van der Waals surface area contributed by atoms with Gasteiger partial charge in [-0.05, 0) is 42.7 Å². The molecule has 0 bridgehead atoms. The Balaban J connectivity index is 1.76. The highest BCUT2D eigenvalue weighted by atomic mass is 16.3. The minimum Gasteiger partial charge on any atom is -0.395 e. The standard InChI is InChI=1S/C17H24O/c18-13-17(11-4-12-17)16-9-7-15(8-10-16)14-5-2-1-3-6-14/h7-10,14,18H,1-6,11-13H2. The normalized spacial score (nSPS) is 23.6. The molecule has 1 heteroatoms. The molecule has 2 aliphatic rings. The summed E-state index contributed by atoms with van der Waals surface area (Å²) in [4.78, 5) is 0. The molecule has 1 N–H and O–H groups in total. The van der Waals surface area contributed by atoms with Crippen molar-refractivity contribution in [2.45, 2.75) is 62.7 Å². The summed E-state index contributed by atoms with van der Waals surface area (Å²) in [5, 5.41) is 9.61. The maximum Gasteiger partial charge on any atom is 0.0527 e. The summed E-state index contributed by atoms with van der Waals surface area (Å²) in [6, 6.07) is 9.20. The van der Waals surface area contributed by atoms with Crippen LogP contribution in [0.3, 0.4) is 0 Å². The van der Waals surface area contributed by atoms with Crippen molar-refractivity contribution in [3.8, 4) is 0 Å². The predicted molar refractivity (Wildman–Crippen MR) is 74.9 cm³/mol. The van der Waals surface area contributed by atoms with E-state index in [1.165, 1.54) is 49.7 Å². The Labute approximate surface area is 110 Å². The van der Waals surface area contributed by atoms with Crippen LogP contribution in [0.1, 0.15) is 68.4 Å². The summed E-state index contributed by atoms with van der Waals surface area (Å²) in [6.45, 7) is 0.315. The smallest absolute Gasteiger partial charge is 0.0527 e. The molecule has 0 radical (unpaired) electrons. The summed E-state index contributed by atoms with van der Waals surface area (Å²) in [5.41, 5.74) is 2.98. The lowest BCUT2D eigenvalue weighted by Crippen LogP contribution is -2.37. The highest BCUT2D eigenvalue weighted by molar-refractivity contribution is 5.33. The van der Waals surface area contributed by atoms with Gasteiger partial charge in [-0.25, -0.2) is 0 Å². The van der Waals surface area contributed by atoms with E-state index in [-0.39, 0.29) is 5.41 Å². The third kappa shape index (κ3) is 2.09. The van der Waals surface area contributed by atoms with Crippen molar-refractivity contribution in [1.29, 1.82) is 0 Å². The quantitative estimate of drug-likeness (QED) is 0.847. The lowest BCUT2D eigenvalue weighted by molar-refractivity contribution is 0.120. The van der Waals surface area contributed by atoms with Crippen LogP contribution in [0.15, 0.2) is 24.3 Å². The number of hydrogen-bond donors (Lipinski definition) is 1. The molecule has 0 amide bonds. The summed E-state index contributed by atoms with van der Waals surface area (Å²) in [5.74, 6) is 0.791. The van der Waals surface area contributed by atoms with Gasteiger partial charge in [-0.2, -0.15) is 0 Å². The van der Waals surface area contributed by atoms with Crippen molar-refractivity contribution in [1.82, 2.24) is 0 Å². The Morgan fingerprint density at radius 1 is 0.944 bits per heavy atom. The Morgan fingerprint density at radius 2 is 1.61 bits per heavy atom. The average Bonchev–Trinajstić information content (AvgIpc) is 2.40. The fourth-order valence-electron chi connectivity index (χ4n) is 3.69. The van der Waals surface area contributed by atoms with E-state index >= 15 is 0 Å². The van der Waals surface area contributed by atoms with Crippen LogP contribution >= 0.6 is 0 Å². The second-order valence-corrected chi connectivity index (χ2v) is 6.25. The molecule has 0 saturated heterocycles. The lowest BCUT2D eigenvalue weighted by atomic mass is 9.65. The first kappa shape index (κ1) is 12.2. The molecule has 2 fully saturated rings. The second kappa shape index (κ2) is 5.05. The van der Waals surface area contributed by atoms with Crippen molar-refractivity contribution in [2.75, 3.05) is 6.61 Å². The number of aliphatic hydroxyl groups is 1. The number of aliphatic hydroxyl groups excluding tert-OH is 1. The first-order chi connectivity index (χ1) is 8.84. The lowest BCUT2D eigenvalue weighted by Gasteiger charge is -2.41. The molecule has 18 heavy (non-hydrogen) atoms. The van der Waals surface area contributed by atoms with Crippen molar-refractivity contribution in [3.63, 3.8) is 0 Å². The predicted octanol–water partition coefficient (Wildman–Crippen LogP) is 4.15. The van der Waals surface area contributed by atoms with Crippen molar-refractivity contribution >= 4 is 0 Å². The minimum atomic E-state index is 0.102. The molecule has 0 aromatic heterocycles. The van der Waals surface area contributed by atoms with Crippen LogP contribution in [0.5, 0.6) is 0 Å². The van der Waals surface area contributed by atoms with Gasteiger partial charge in [0.05, 0.1) is 6.61 Å². The zero-order chi connectivity index (χ0) is 12.4. The van der Waals surface area contributed by atoms with Gasteiger partial charge in [0.15, 0.2) is 0 Å². The van der Waals surface area contributed by atoms with E-state index < -0.39 is 0 Å². The van der Waals surface area contributed by atoms with Gasteiger partial charge in [0, 0.05) is 5.41 Å². The molecule has 3 rings (SSSR count). The van der Waals surface area contributed by atoms with Crippen LogP contribution in [0.25, 0.3) is 0 Å². The van der Waals surface area contributed by atoms with Crippen LogP contribution in [0.4, 0.5) is 0 Å². The van der Waals surface area contributed by atoms with E-state index in [1.54, 1.807) is 0 Å². The summed E-state index contributed by atoms with van der Waals surface area (Å²) in [6.07, 6.45) is 10.5. The maximum absolute atomic E-state index is 9.61. The van der Waals surface area contributed by atoms with Gasteiger partial charge in [0.2, 0.25) is 0 Å². The molecule has 0 heterocycles. The minimum absolute atomic E-state index is 0.102. The van der Waals surface area contributed by atoms with Crippen molar-refractivity contribution < 1.29 is 5.11 Å². The van der Waals surface area contributed by atoms with E-state index in [2.05, 4.69) is 24.3 Å². The van der Waals surface area contributed by atoms with E-state index in [0.717, 1.165) is 18.8 Å². The van der Waals surface area contributed by atoms with Crippen LogP contribution < -0.4 is 0 Å². The topological polar surface area (TPSA) is 20.2 Å². The fourth-order valence-corrected chi connectivity index (χ4v) is 3.69. The van der Waals surface area contributed by atoms with Gasteiger partial charge in [-0.3, -0.25) is 0 Å². The van der Waals surface area contributed by atoms with E-state index in [9.17, 15) is 5.11 Å². The van der Waals surface area contributed by atoms with E-state index in [4.69, 9.17) is 0 Å². The summed E-state index contributed by atoms with van der Waals surface area (Å²) in [7, 11) is 0. The zero-order valence-corrected chi connectivity index (χ0v) is 11.2. The van der Waals surface area contributed by atoms with E-state index in [1.807, 2.05) is 0 Å². The third-order valence-electron chi connectivity index (χ3n) is 5.21. The van der Waals surface area contributed by atoms with Crippen LogP contribution in [-0.2, 0) is 5.41 Å². The molecule has 0 spiro atoms. The third-order valence-corrected chi connectivity index (χ3v) is 5.21.